The maximum absolute atomic E-state index is 9.88. The second-order valence-corrected chi connectivity index (χ2v) is 5.66. The number of rotatable bonds is 10. The first-order valence-corrected chi connectivity index (χ1v) is 7.79. The molecule has 1 aromatic carbocycles. The van der Waals surface area contributed by atoms with Crippen LogP contribution in [0.4, 0.5) is 0 Å². The van der Waals surface area contributed by atoms with Gasteiger partial charge in [-0.05, 0) is 31.5 Å². The number of hydrogen-bond acceptors (Lipinski definition) is 3. The van der Waals surface area contributed by atoms with Crippen molar-refractivity contribution in [1.29, 1.82) is 0 Å². The van der Waals surface area contributed by atoms with E-state index in [2.05, 4.69) is 19.2 Å². The molecule has 0 saturated heterocycles. The van der Waals surface area contributed by atoms with Gasteiger partial charge in [0.25, 0.3) is 0 Å². The van der Waals surface area contributed by atoms with E-state index in [-0.39, 0.29) is 6.61 Å². The summed E-state index contributed by atoms with van der Waals surface area (Å²) in [4.78, 5) is 0. The molecule has 2 atom stereocenters. The lowest BCUT2D eigenvalue weighted by Gasteiger charge is -2.17. The highest BCUT2D eigenvalue weighted by Crippen LogP contribution is 2.17. The third-order valence-electron chi connectivity index (χ3n) is 3.18. The lowest BCUT2D eigenvalue weighted by atomic mass is 10.1. The van der Waals surface area contributed by atoms with Crippen LogP contribution in [0, 0.1) is 0 Å². The van der Waals surface area contributed by atoms with Crippen molar-refractivity contribution in [1.82, 2.24) is 5.32 Å². The minimum absolute atomic E-state index is 0.273. The minimum Gasteiger partial charge on any atom is -0.491 e. The van der Waals surface area contributed by atoms with Crippen LogP contribution in [0.3, 0.4) is 0 Å². The van der Waals surface area contributed by atoms with Crippen molar-refractivity contribution in [3.63, 3.8) is 0 Å². The summed E-state index contributed by atoms with van der Waals surface area (Å²) in [7, 11) is 0. The molecule has 2 N–H and O–H groups in total. The molecule has 20 heavy (non-hydrogen) atoms. The van der Waals surface area contributed by atoms with E-state index < -0.39 is 6.10 Å². The molecule has 0 bridgehead atoms. The summed E-state index contributed by atoms with van der Waals surface area (Å²) in [6, 6.07) is 7.64. The van der Waals surface area contributed by atoms with Crippen molar-refractivity contribution in [3.8, 4) is 5.75 Å². The van der Waals surface area contributed by atoms with Gasteiger partial charge in [0.2, 0.25) is 0 Å². The number of ether oxygens (including phenoxy) is 1. The third kappa shape index (κ3) is 7.73. The van der Waals surface area contributed by atoms with Crippen LogP contribution in [0.15, 0.2) is 24.3 Å². The zero-order chi connectivity index (χ0) is 14.8. The Morgan fingerprint density at radius 2 is 2.15 bits per heavy atom. The average molecular weight is 300 g/mol. The van der Waals surface area contributed by atoms with Gasteiger partial charge in [-0.3, -0.25) is 0 Å². The molecule has 0 amide bonds. The van der Waals surface area contributed by atoms with Crippen LogP contribution < -0.4 is 10.1 Å². The molecule has 0 aliphatic carbocycles. The highest BCUT2D eigenvalue weighted by atomic mass is 35.5. The number of hydrogen-bond donors (Lipinski definition) is 2. The number of aliphatic hydroxyl groups is 1. The number of aliphatic hydroxyl groups excluding tert-OH is 1. The summed E-state index contributed by atoms with van der Waals surface area (Å²) in [5.41, 5.74) is 0. The largest absolute Gasteiger partial charge is 0.491 e. The summed E-state index contributed by atoms with van der Waals surface area (Å²) >= 11 is 5.87. The minimum atomic E-state index is -0.511. The average Bonchev–Trinajstić information content (AvgIpc) is 2.43. The van der Waals surface area contributed by atoms with Crippen LogP contribution in [0.25, 0.3) is 0 Å². The van der Waals surface area contributed by atoms with Crippen molar-refractivity contribution in [2.75, 3.05) is 13.2 Å². The Kier molecular flexibility index (Phi) is 8.67. The highest BCUT2D eigenvalue weighted by Gasteiger charge is 2.08. The van der Waals surface area contributed by atoms with E-state index in [1.165, 1.54) is 19.3 Å². The van der Waals surface area contributed by atoms with Crippen LogP contribution in [0.1, 0.15) is 39.5 Å². The van der Waals surface area contributed by atoms with E-state index in [1.54, 1.807) is 12.1 Å². The molecule has 4 heteroatoms. The number of nitrogens with one attached hydrogen (secondary N) is 1. The van der Waals surface area contributed by atoms with E-state index in [4.69, 9.17) is 16.3 Å². The summed E-state index contributed by atoms with van der Waals surface area (Å²) < 4.78 is 5.50. The van der Waals surface area contributed by atoms with E-state index in [1.807, 2.05) is 12.1 Å². The third-order valence-corrected chi connectivity index (χ3v) is 3.42. The predicted molar refractivity (Wildman–Crippen MR) is 84.6 cm³/mol. The summed E-state index contributed by atoms with van der Waals surface area (Å²) in [6.45, 7) is 5.18. The van der Waals surface area contributed by atoms with Gasteiger partial charge >= 0.3 is 0 Å². The normalized spacial score (nSPS) is 14.0. The molecule has 1 rings (SSSR count). The van der Waals surface area contributed by atoms with Crippen molar-refractivity contribution in [2.45, 2.75) is 51.7 Å². The Morgan fingerprint density at radius 3 is 2.85 bits per heavy atom. The zero-order valence-corrected chi connectivity index (χ0v) is 13.2. The molecule has 0 radical (unpaired) electrons. The quantitative estimate of drug-likeness (QED) is 0.648. The molecule has 2 unspecified atom stereocenters. The smallest absolute Gasteiger partial charge is 0.120 e. The van der Waals surface area contributed by atoms with E-state index in [0.29, 0.717) is 23.4 Å². The molecule has 1 aromatic rings. The molecule has 114 valence electrons. The fourth-order valence-corrected chi connectivity index (χ4v) is 2.13. The maximum Gasteiger partial charge on any atom is 0.120 e. The molecule has 0 aliphatic rings. The van der Waals surface area contributed by atoms with E-state index in [9.17, 15) is 5.11 Å². The van der Waals surface area contributed by atoms with Gasteiger partial charge in [0.05, 0.1) is 0 Å². The van der Waals surface area contributed by atoms with E-state index >= 15 is 0 Å². The number of halogens is 1. The number of unbranched alkanes of at least 4 members (excludes halogenated alkanes) is 2. The van der Waals surface area contributed by atoms with Gasteiger partial charge in [0.15, 0.2) is 0 Å². The fraction of sp³-hybridized carbons (Fsp3) is 0.625. The predicted octanol–water partition coefficient (Wildman–Crippen LogP) is 3.64. The molecule has 0 saturated carbocycles. The lowest BCUT2D eigenvalue weighted by molar-refractivity contribution is 0.104. The van der Waals surface area contributed by atoms with Crippen molar-refractivity contribution >= 4 is 11.6 Å². The molecule has 0 heterocycles. The van der Waals surface area contributed by atoms with Crippen molar-refractivity contribution < 1.29 is 9.84 Å². The van der Waals surface area contributed by atoms with Gasteiger partial charge in [0.1, 0.15) is 18.5 Å². The van der Waals surface area contributed by atoms with Gasteiger partial charge in [-0.15, -0.1) is 0 Å². The monoisotopic (exact) mass is 299 g/mol. The maximum atomic E-state index is 9.88. The van der Waals surface area contributed by atoms with Crippen molar-refractivity contribution in [3.05, 3.63) is 29.3 Å². The Morgan fingerprint density at radius 1 is 1.35 bits per heavy atom. The Bertz CT molecular complexity index is 373. The molecular formula is C16H26ClNO2. The zero-order valence-electron chi connectivity index (χ0n) is 12.4. The highest BCUT2D eigenvalue weighted by molar-refractivity contribution is 6.30. The summed E-state index contributed by atoms with van der Waals surface area (Å²) in [5, 5.41) is 13.9. The Hall–Kier alpha value is -0.770. The first kappa shape index (κ1) is 17.3. The molecule has 0 fully saturated rings. The van der Waals surface area contributed by atoms with E-state index in [0.717, 1.165) is 6.42 Å². The summed E-state index contributed by atoms with van der Waals surface area (Å²) in [6.07, 6.45) is 4.38. The summed E-state index contributed by atoms with van der Waals surface area (Å²) in [5.74, 6) is 0.688. The second-order valence-electron chi connectivity index (χ2n) is 5.23. The molecule has 3 nitrogen and oxygen atoms in total. The van der Waals surface area contributed by atoms with Gasteiger partial charge in [-0.25, -0.2) is 0 Å². The number of benzene rings is 1. The SMILES string of the molecule is CCCCCC(C)NCC(O)COc1cccc(Cl)c1. The van der Waals surface area contributed by atoms with Gasteiger partial charge in [0, 0.05) is 17.6 Å². The topological polar surface area (TPSA) is 41.5 Å². The lowest BCUT2D eigenvalue weighted by Crippen LogP contribution is -2.36. The Labute approximate surface area is 127 Å². The first-order chi connectivity index (χ1) is 9.61. The van der Waals surface area contributed by atoms with Crippen molar-refractivity contribution in [2.24, 2.45) is 0 Å². The van der Waals surface area contributed by atoms with Gasteiger partial charge < -0.3 is 15.2 Å². The van der Waals surface area contributed by atoms with Crippen LogP contribution in [0.2, 0.25) is 5.02 Å². The van der Waals surface area contributed by atoms with Crippen LogP contribution in [-0.2, 0) is 0 Å². The van der Waals surface area contributed by atoms with Crippen LogP contribution in [-0.4, -0.2) is 30.4 Å². The second kappa shape index (κ2) is 10.0. The van der Waals surface area contributed by atoms with Gasteiger partial charge in [-0.1, -0.05) is 43.9 Å². The molecule has 0 spiro atoms. The van der Waals surface area contributed by atoms with Crippen LogP contribution >= 0.6 is 11.6 Å². The molecule has 0 aromatic heterocycles. The van der Waals surface area contributed by atoms with Gasteiger partial charge in [-0.2, -0.15) is 0 Å². The standard InChI is InChI=1S/C16H26ClNO2/c1-3-4-5-7-13(2)18-11-15(19)12-20-16-9-6-8-14(17)10-16/h6,8-10,13,15,18-19H,3-5,7,11-12H2,1-2H3. The van der Waals surface area contributed by atoms with Crippen LogP contribution in [0.5, 0.6) is 5.75 Å². The first-order valence-electron chi connectivity index (χ1n) is 7.41. The molecular weight excluding hydrogens is 274 g/mol. The Balaban J connectivity index is 2.15. The fourth-order valence-electron chi connectivity index (χ4n) is 1.95. The molecule has 0 aliphatic heterocycles.